The third kappa shape index (κ3) is 2.69. The summed E-state index contributed by atoms with van der Waals surface area (Å²) < 4.78 is 0. The molecule has 29 heavy (non-hydrogen) atoms. The van der Waals surface area contributed by atoms with Crippen LogP contribution in [0.5, 0.6) is 0 Å². The zero-order chi connectivity index (χ0) is 20.0. The Morgan fingerprint density at radius 3 is 2.66 bits per heavy atom. The number of rotatable bonds is 2. The van der Waals surface area contributed by atoms with Crippen LogP contribution in [0.25, 0.3) is 10.8 Å². The van der Waals surface area contributed by atoms with Crippen LogP contribution in [0.4, 0.5) is 5.69 Å². The Hall–Kier alpha value is -3.05. The van der Waals surface area contributed by atoms with Crippen molar-refractivity contribution in [1.29, 1.82) is 0 Å². The fourth-order valence-electron chi connectivity index (χ4n) is 4.46. The first kappa shape index (κ1) is 18.0. The second kappa shape index (κ2) is 6.78. The topological polar surface area (TPSA) is 52.9 Å². The van der Waals surface area contributed by atoms with Gasteiger partial charge >= 0.3 is 0 Å². The van der Waals surface area contributed by atoms with E-state index in [0.717, 1.165) is 16.1 Å². The number of carbonyl (C=O) groups excluding carboxylic acids is 1. The smallest absolute Gasteiger partial charge is 0.242 e. The van der Waals surface area contributed by atoms with E-state index in [9.17, 15) is 10.0 Å². The summed E-state index contributed by atoms with van der Waals surface area (Å²) in [5.74, 6) is 0.0604. The van der Waals surface area contributed by atoms with E-state index in [4.69, 9.17) is 0 Å². The van der Waals surface area contributed by atoms with Crippen LogP contribution in [0.3, 0.4) is 0 Å². The van der Waals surface area contributed by atoms with Gasteiger partial charge in [0.15, 0.2) is 0 Å². The molecule has 2 aliphatic rings. The Bertz CT molecular complexity index is 1190. The lowest BCUT2D eigenvalue weighted by molar-refractivity contribution is -0.121. The molecular formula is C24H20N2O2S. The lowest BCUT2D eigenvalue weighted by Crippen LogP contribution is -2.47. The van der Waals surface area contributed by atoms with Crippen LogP contribution in [0.15, 0.2) is 88.9 Å². The summed E-state index contributed by atoms with van der Waals surface area (Å²) in [5, 5.41) is 15.1. The minimum absolute atomic E-state index is 0.0604. The van der Waals surface area contributed by atoms with Crippen molar-refractivity contribution < 1.29 is 10.0 Å². The molecule has 2 atom stereocenters. The van der Waals surface area contributed by atoms with E-state index >= 15 is 0 Å². The molecule has 0 radical (unpaired) electrons. The Labute approximate surface area is 173 Å². The summed E-state index contributed by atoms with van der Waals surface area (Å²) in [7, 11) is 1.83. The molecule has 0 unspecified atom stereocenters. The molecule has 0 bridgehead atoms. The predicted molar refractivity (Wildman–Crippen MR) is 118 cm³/mol. The average molecular weight is 401 g/mol. The third-order valence-electron chi connectivity index (χ3n) is 5.94. The number of hydrogen-bond acceptors (Lipinski definition) is 4. The van der Waals surface area contributed by atoms with Crippen LogP contribution in [-0.4, -0.2) is 29.1 Å². The van der Waals surface area contributed by atoms with Crippen molar-refractivity contribution in [3.8, 4) is 0 Å². The number of para-hydroxylation sites is 1. The largest absolute Gasteiger partial charge is 0.411 e. The molecule has 0 fully saturated rings. The number of oxime groups is 1. The molecule has 3 aromatic carbocycles. The molecule has 5 heteroatoms. The molecule has 1 spiro atoms. The maximum atomic E-state index is 13.5. The minimum Gasteiger partial charge on any atom is -0.411 e. The summed E-state index contributed by atoms with van der Waals surface area (Å²) in [5.41, 5.74) is 1.78. The SMILES string of the molecule is CN1C(=O)[C@@]2(C=C/C(=N/O)C[C@H]2Sc2ccc3ccccc3c2)c2ccccc21. The van der Waals surface area contributed by atoms with Gasteiger partial charge in [0.25, 0.3) is 0 Å². The molecule has 1 amide bonds. The fourth-order valence-corrected chi connectivity index (χ4v) is 5.87. The molecule has 3 aromatic rings. The summed E-state index contributed by atoms with van der Waals surface area (Å²) in [6.45, 7) is 0. The highest BCUT2D eigenvalue weighted by molar-refractivity contribution is 8.00. The van der Waals surface area contributed by atoms with Crippen LogP contribution >= 0.6 is 11.8 Å². The van der Waals surface area contributed by atoms with E-state index in [1.807, 2.05) is 49.5 Å². The second-order valence-electron chi connectivity index (χ2n) is 7.49. The van der Waals surface area contributed by atoms with Gasteiger partial charge in [0, 0.05) is 29.3 Å². The van der Waals surface area contributed by atoms with E-state index in [1.165, 1.54) is 10.8 Å². The number of anilines is 1. The van der Waals surface area contributed by atoms with Crippen LogP contribution in [0.2, 0.25) is 0 Å². The zero-order valence-electron chi connectivity index (χ0n) is 15.9. The van der Waals surface area contributed by atoms with Crippen molar-refractivity contribution in [2.24, 2.45) is 5.16 Å². The number of benzene rings is 3. The molecule has 1 N–H and O–H groups in total. The fraction of sp³-hybridized carbons (Fsp3) is 0.167. The van der Waals surface area contributed by atoms with Crippen molar-refractivity contribution in [2.45, 2.75) is 22.0 Å². The van der Waals surface area contributed by atoms with Crippen molar-refractivity contribution in [3.05, 3.63) is 84.4 Å². The number of likely N-dealkylation sites (N-methyl/N-ethyl adjacent to an activating group) is 1. The van der Waals surface area contributed by atoms with Crippen molar-refractivity contribution in [1.82, 2.24) is 0 Å². The van der Waals surface area contributed by atoms with Crippen molar-refractivity contribution in [2.75, 3.05) is 11.9 Å². The van der Waals surface area contributed by atoms with E-state index in [-0.39, 0.29) is 11.2 Å². The highest BCUT2D eigenvalue weighted by Crippen LogP contribution is 2.52. The van der Waals surface area contributed by atoms with Gasteiger partial charge in [-0.2, -0.15) is 0 Å². The number of allylic oxidation sites excluding steroid dienone is 1. The number of thioether (sulfide) groups is 1. The van der Waals surface area contributed by atoms with Gasteiger partial charge in [-0.25, -0.2) is 0 Å². The second-order valence-corrected chi connectivity index (χ2v) is 8.77. The van der Waals surface area contributed by atoms with E-state index in [1.54, 1.807) is 22.7 Å². The van der Waals surface area contributed by atoms with E-state index in [0.29, 0.717) is 12.1 Å². The molecule has 5 rings (SSSR count). The van der Waals surface area contributed by atoms with Crippen LogP contribution in [0, 0.1) is 0 Å². The molecule has 4 nitrogen and oxygen atoms in total. The van der Waals surface area contributed by atoms with Crippen LogP contribution < -0.4 is 4.90 Å². The maximum absolute atomic E-state index is 13.5. The van der Waals surface area contributed by atoms with Crippen molar-refractivity contribution >= 4 is 39.8 Å². The summed E-state index contributed by atoms with van der Waals surface area (Å²) in [6.07, 6.45) is 4.22. The van der Waals surface area contributed by atoms with Crippen LogP contribution in [-0.2, 0) is 10.2 Å². The summed E-state index contributed by atoms with van der Waals surface area (Å²) >= 11 is 1.67. The Morgan fingerprint density at radius 2 is 1.83 bits per heavy atom. The van der Waals surface area contributed by atoms with Gasteiger partial charge in [-0.3, -0.25) is 4.79 Å². The minimum atomic E-state index is -0.768. The normalized spacial score (nSPS) is 24.6. The third-order valence-corrected chi connectivity index (χ3v) is 7.29. The van der Waals surface area contributed by atoms with Gasteiger partial charge in [0.05, 0.1) is 5.71 Å². The molecule has 1 aliphatic carbocycles. The number of nitrogens with zero attached hydrogens (tertiary/aromatic N) is 2. The highest BCUT2D eigenvalue weighted by Gasteiger charge is 2.54. The Morgan fingerprint density at radius 1 is 1.07 bits per heavy atom. The summed E-state index contributed by atoms with van der Waals surface area (Å²) in [4.78, 5) is 16.3. The van der Waals surface area contributed by atoms with E-state index < -0.39 is 5.41 Å². The van der Waals surface area contributed by atoms with Crippen molar-refractivity contribution in [3.63, 3.8) is 0 Å². The lowest BCUT2D eigenvalue weighted by atomic mass is 9.73. The molecule has 1 aliphatic heterocycles. The maximum Gasteiger partial charge on any atom is 0.242 e. The molecule has 0 saturated heterocycles. The Balaban J connectivity index is 1.63. The first-order valence-electron chi connectivity index (χ1n) is 9.57. The van der Waals surface area contributed by atoms with Gasteiger partial charge in [0.2, 0.25) is 5.91 Å². The molecule has 1 heterocycles. The Kier molecular flexibility index (Phi) is 4.21. The lowest BCUT2D eigenvalue weighted by Gasteiger charge is -2.36. The first-order chi connectivity index (χ1) is 14.1. The molecular weight excluding hydrogens is 380 g/mol. The van der Waals surface area contributed by atoms with Gasteiger partial charge in [-0.1, -0.05) is 59.8 Å². The van der Waals surface area contributed by atoms with Gasteiger partial charge < -0.3 is 10.1 Å². The quantitative estimate of drug-likeness (QED) is 0.486. The molecule has 0 aromatic heterocycles. The number of carbonyl (C=O) groups is 1. The standard InChI is InChI=1S/C24H20N2O2S/c1-26-21-9-5-4-8-20(21)24(23(26)27)13-12-18(25-28)15-22(24)29-19-11-10-16-6-2-3-7-17(16)14-19/h2-14,22,28H,15H2,1H3/b25-18-/t22-,24+/m1/s1. The molecule has 0 saturated carbocycles. The van der Waals surface area contributed by atoms with Gasteiger partial charge in [-0.05, 0) is 40.6 Å². The number of hydrogen-bond donors (Lipinski definition) is 1. The zero-order valence-corrected chi connectivity index (χ0v) is 16.8. The van der Waals surface area contributed by atoms with E-state index in [2.05, 4.69) is 35.5 Å². The van der Waals surface area contributed by atoms with Crippen LogP contribution in [0.1, 0.15) is 12.0 Å². The van der Waals surface area contributed by atoms with Gasteiger partial charge in [0.1, 0.15) is 5.41 Å². The molecule has 144 valence electrons. The number of amides is 1. The monoisotopic (exact) mass is 400 g/mol. The van der Waals surface area contributed by atoms with Gasteiger partial charge in [-0.15, -0.1) is 11.8 Å². The number of fused-ring (bicyclic) bond motifs is 3. The predicted octanol–water partition coefficient (Wildman–Crippen LogP) is 5.01. The average Bonchev–Trinajstić information content (AvgIpc) is 2.98. The highest BCUT2D eigenvalue weighted by atomic mass is 32.2. The first-order valence-corrected chi connectivity index (χ1v) is 10.4. The summed E-state index contributed by atoms with van der Waals surface area (Å²) in [6, 6.07) is 22.6.